The maximum Gasteiger partial charge on any atom is 0.239 e. The van der Waals surface area contributed by atoms with Crippen LogP contribution in [0.15, 0.2) is 4.99 Å². The van der Waals surface area contributed by atoms with Crippen LogP contribution >= 0.6 is 24.0 Å². The second-order valence-electron chi connectivity index (χ2n) is 7.83. The third kappa shape index (κ3) is 4.51. The Kier molecular flexibility index (Phi) is 7.16. The molecule has 1 aliphatic heterocycles. The molecule has 0 aromatic carbocycles. The Morgan fingerprint density at radius 2 is 1.78 bits per heavy atom. The van der Waals surface area contributed by atoms with Gasteiger partial charge in [0.25, 0.3) is 0 Å². The summed E-state index contributed by atoms with van der Waals surface area (Å²) < 4.78 is 0. The number of halogens is 1. The van der Waals surface area contributed by atoms with Gasteiger partial charge in [0.2, 0.25) is 5.91 Å². The predicted molar refractivity (Wildman–Crippen MR) is 106 cm³/mol. The van der Waals surface area contributed by atoms with E-state index < -0.39 is 0 Å². The first kappa shape index (κ1) is 20.5. The molecule has 0 spiro atoms. The zero-order valence-electron chi connectivity index (χ0n) is 15.2. The molecular formula is C17H33IN4O. The molecule has 0 radical (unpaired) electrons. The smallest absolute Gasteiger partial charge is 0.239 e. The number of amides is 1. The van der Waals surface area contributed by atoms with Crippen LogP contribution in [0.4, 0.5) is 0 Å². The summed E-state index contributed by atoms with van der Waals surface area (Å²) in [5.41, 5.74) is 0.309. The van der Waals surface area contributed by atoms with E-state index in [0.717, 1.165) is 25.3 Å². The first-order valence-electron chi connectivity index (χ1n) is 8.55. The van der Waals surface area contributed by atoms with Gasteiger partial charge in [0, 0.05) is 30.6 Å². The first-order chi connectivity index (χ1) is 10.3. The highest BCUT2D eigenvalue weighted by molar-refractivity contribution is 14.0. The standard InChI is InChI=1S/C17H32N4O.HI/c1-16(2)12-21(17(16,3)4)15(18-5)19-11-14(22)20-13-9-7-6-8-10-13;/h13H,6-12H2,1-5H3,(H,18,19)(H,20,22);1H. The van der Waals surface area contributed by atoms with Gasteiger partial charge in [0.05, 0.1) is 6.54 Å². The highest BCUT2D eigenvalue weighted by Gasteiger charge is 2.53. The molecule has 0 unspecified atom stereocenters. The third-order valence-corrected chi connectivity index (χ3v) is 5.73. The Hall–Kier alpha value is -0.530. The number of rotatable bonds is 3. The van der Waals surface area contributed by atoms with E-state index in [1.54, 1.807) is 7.05 Å². The molecule has 2 aliphatic rings. The summed E-state index contributed by atoms with van der Waals surface area (Å²) in [6.07, 6.45) is 6.01. The summed E-state index contributed by atoms with van der Waals surface area (Å²) in [5, 5.41) is 6.35. The number of hydrogen-bond donors (Lipinski definition) is 2. The minimum Gasteiger partial charge on any atom is -0.352 e. The zero-order chi connectivity index (χ0) is 16.4. The SMILES string of the molecule is CN=C(NCC(=O)NC1CCCCC1)N1CC(C)(C)C1(C)C.I. The molecule has 23 heavy (non-hydrogen) atoms. The number of aliphatic imine (C=N–C) groups is 1. The molecule has 1 aliphatic carbocycles. The van der Waals surface area contributed by atoms with Crippen molar-refractivity contribution < 1.29 is 4.79 Å². The lowest BCUT2D eigenvalue weighted by atomic mass is 9.65. The normalized spacial score (nSPS) is 23.5. The average Bonchev–Trinajstić information content (AvgIpc) is 2.47. The van der Waals surface area contributed by atoms with Crippen molar-refractivity contribution in [3.05, 3.63) is 0 Å². The molecule has 0 bridgehead atoms. The number of likely N-dealkylation sites (tertiary alicyclic amines) is 1. The maximum absolute atomic E-state index is 12.1. The van der Waals surface area contributed by atoms with Crippen molar-refractivity contribution in [1.82, 2.24) is 15.5 Å². The number of carbonyl (C=O) groups is 1. The van der Waals surface area contributed by atoms with Gasteiger partial charge in [-0.15, -0.1) is 24.0 Å². The Balaban J connectivity index is 0.00000264. The molecule has 2 rings (SSSR count). The summed E-state index contributed by atoms with van der Waals surface area (Å²) in [4.78, 5) is 18.7. The van der Waals surface area contributed by atoms with Gasteiger partial charge in [-0.1, -0.05) is 33.1 Å². The zero-order valence-corrected chi connectivity index (χ0v) is 17.6. The molecule has 1 heterocycles. The van der Waals surface area contributed by atoms with Crippen LogP contribution in [0.5, 0.6) is 0 Å². The van der Waals surface area contributed by atoms with Crippen molar-refractivity contribution in [1.29, 1.82) is 0 Å². The molecule has 2 fully saturated rings. The van der Waals surface area contributed by atoms with Gasteiger partial charge in [0.1, 0.15) is 0 Å². The number of guanidine groups is 1. The van der Waals surface area contributed by atoms with E-state index in [9.17, 15) is 4.79 Å². The van der Waals surface area contributed by atoms with Gasteiger partial charge < -0.3 is 15.5 Å². The predicted octanol–water partition coefficient (Wildman–Crippen LogP) is 2.75. The van der Waals surface area contributed by atoms with E-state index in [2.05, 4.69) is 48.2 Å². The van der Waals surface area contributed by atoms with E-state index in [1.165, 1.54) is 19.3 Å². The van der Waals surface area contributed by atoms with Gasteiger partial charge in [-0.2, -0.15) is 0 Å². The van der Waals surface area contributed by atoms with E-state index in [1.807, 2.05) is 0 Å². The Morgan fingerprint density at radius 1 is 1.17 bits per heavy atom. The molecule has 2 N–H and O–H groups in total. The van der Waals surface area contributed by atoms with Crippen LogP contribution in [0.1, 0.15) is 59.8 Å². The van der Waals surface area contributed by atoms with Crippen molar-refractivity contribution in [3.8, 4) is 0 Å². The fourth-order valence-corrected chi connectivity index (χ4v) is 3.38. The summed E-state index contributed by atoms with van der Waals surface area (Å²) in [5.74, 6) is 0.897. The van der Waals surface area contributed by atoms with Crippen molar-refractivity contribution >= 4 is 35.8 Å². The lowest BCUT2D eigenvalue weighted by Crippen LogP contribution is -2.72. The van der Waals surface area contributed by atoms with Crippen LogP contribution in [-0.2, 0) is 4.79 Å². The summed E-state index contributed by atoms with van der Waals surface area (Å²) >= 11 is 0. The lowest BCUT2D eigenvalue weighted by molar-refractivity contribution is -0.121. The number of carbonyl (C=O) groups excluding carboxylic acids is 1. The van der Waals surface area contributed by atoms with Crippen LogP contribution in [-0.4, -0.2) is 48.5 Å². The number of hydrogen-bond acceptors (Lipinski definition) is 2. The van der Waals surface area contributed by atoms with Crippen LogP contribution in [0.3, 0.4) is 0 Å². The topological polar surface area (TPSA) is 56.7 Å². The molecule has 0 aromatic heterocycles. The van der Waals surface area contributed by atoms with Crippen molar-refractivity contribution in [2.24, 2.45) is 10.4 Å². The van der Waals surface area contributed by atoms with Gasteiger partial charge in [-0.25, -0.2) is 0 Å². The van der Waals surface area contributed by atoms with Gasteiger partial charge in [-0.3, -0.25) is 9.79 Å². The van der Waals surface area contributed by atoms with Crippen LogP contribution < -0.4 is 10.6 Å². The van der Waals surface area contributed by atoms with Crippen LogP contribution in [0.2, 0.25) is 0 Å². The van der Waals surface area contributed by atoms with E-state index in [4.69, 9.17) is 0 Å². The second-order valence-corrected chi connectivity index (χ2v) is 7.83. The molecule has 1 saturated heterocycles. The van der Waals surface area contributed by atoms with Crippen molar-refractivity contribution in [2.45, 2.75) is 71.4 Å². The maximum atomic E-state index is 12.1. The molecule has 5 nitrogen and oxygen atoms in total. The molecular weight excluding hydrogens is 403 g/mol. The summed E-state index contributed by atoms with van der Waals surface area (Å²) in [6, 6.07) is 0.365. The van der Waals surface area contributed by atoms with Gasteiger partial charge in [0.15, 0.2) is 5.96 Å². The van der Waals surface area contributed by atoms with Gasteiger partial charge in [-0.05, 0) is 26.7 Å². The monoisotopic (exact) mass is 436 g/mol. The van der Waals surface area contributed by atoms with Crippen LogP contribution in [0.25, 0.3) is 0 Å². The van der Waals surface area contributed by atoms with Crippen molar-refractivity contribution in [3.63, 3.8) is 0 Å². The van der Waals surface area contributed by atoms with Crippen LogP contribution in [0, 0.1) is 5.41 Å². The Morgan fingerprint density at radius 3 is 2.26 bits per heavy atom. The largest absolute Gasteiger partial charge is 0.352 e. The highest BCUT2D eigenvalue weighted by Crippen LogP contribution is 2.46. The third-order valence-electron chi connectivity index (χ3n) is 5.73. The number of nitrogens with one attached hydrogen (secondary N) is 2. The first-order valence-corrected chi connectivity index (χ1v) is 8.55. The molecule has 0 atom stereocenters. The lowest BCUT2D eigenvalue weighted by Gasteiger charge is -2.62. The highest BCUT2D eigenvalue weighted by atomic mass is 127. The minimum atomic E-state index is 0. The summed E-state index contributed by atoms with van der Waals surface area (Å²) in [6.45, 7) is 10.3. The average molecular weight is 436 g/mol. The molecule has 6 heteroatoms. The molecule has 1 amide bonds. The fourth-order valence-electron chi connectivity index (χ4n) is 3.38. The van der Waals surface area contributed by atoms with E-state index >= 15 is 0 Å². The van der Waals surface area contributed by atoms with Gasteiger partial charge >= 0.3 is 0 Å². The van der Waals surface area contributed by atoms with E-state index in [0.29, 0.717) is 12.6 Å². The minimum absolute atomic E-state index is 0. The summed E-state index contributed by atoms with van der Waals surface area (Å²) in [7, 11) is 1.78. The number of nitrogens with zero attached hydrogens (tertiary/aromatic N) is 2. The second kappa shape index (κ2) is 8.03. The van der Waals surface area contributed by atoms with Crippen molar-refractivity contribution in [2.75, 3.05) is 20.1 Å². The molecule has 1 saturated carbocycles. The Bertz CT molecular complexity index is 442. The molecule has 0 aromatic rings. The quantitative estimate of drug-likeness (QED) is 0.407. The van der Waals surface area contributed by atoms with E-state index in [-0.39, 0.29) is 40.8 Å². The fraction of sp³-hybridized carbons (Fsp3) is 0.882. The molecule has 134 valence electrons. The Labute approximate surface area is 158 Å².